The van der Waals surface area contributed by atoms with Crippen LogP contribution in [-0.4, -0.2) is 177 Å². The van der Waals surface area contributed by atoms with Crippen LogP contribution in [0.1, 0.15) is 114 Å². The fourth-order valence-corrected chi connectivity index (χ4v) is 14.8. The summed E-state index contributed by atoms with van der Waals surface area (Å²) in [6.45, 7) is 17.0. The number of pyridine rings is 1. The van der Waals surface area contributed by atoms with Gasteiger partial charge in [-0.25, -0.2) is 14.4 Å². The molecule has 2 aromatic carbocycles. The van der Waals surface area contributed by atoms with Gasteiger partial charge in [0, 0.05) is 118 Å². The molecule has 8 aliphatic rings. The summed E-state index contributed by atoms with van der Waals surface area (Å²) < 4.78 is 17.6. The second-order valence-electron chi connectivity index (χ2n) is 26.1. The number of halogens is 1. The van der Waals surface area contributed by atoms with Crippen molar-refractivity contribution in [2.75, 3.05) is 82.2 Å². The van der Waals surface area contributed by atoms with Gasteiger partial charge in [0.1, 0.15) is 11.3 Å². The van der Waals surface area contributed by atoms with Gasteiger partial charge < -0.3 is 40.1 Å². The summed E-state index contributed by atoms with van der Waals surface area (Å²) in [6, 6.07) is 11.4. The van der Waals surface area contributed by atoms with Gasteiger partial charge in [0.05, 0.1) is 41.1 Å². The van der Waals surface area contributed by atoms with E-state index in [4.69, 9.17) is 9.97 Å². The molecule has 7 amide bonds. The number of aromatic nitrogens is 3. The minimum absolute atomic E-state index is 0.00117. The molecular formula is C68H84FN13O7. The molecule has 7 heterocycles. The van der Waals surface area contributed by atoms with Gasteiger partial charge in [0.2, 0.25) is 35.9 Å². The lowest BCUT2D eigenvalue weighted by Crippen LogP contribution is -2.58. The molecule has 12 rings (SSSR count). The van der Waals surface area contributed by atoms with Crippen LogP contribution in [0.4, 0.5) is 21.6 Å². The van der Waals surface area contributed by atoms with E-state index in [-0.39, 0.29) is 66.2 Å². The fraction of sp³-hybridized carbons (Fsp3) is 0.515. The number of nitrogens with zero attached hydrogens (tertiary/aromatic N) is 9. The number of anilines is 3. The number of likely N-dealkylation sites (tertiary alicyclic amines) is 3. The van der Waals surface area contributed by atoms with Crippen LogP contribution in [0.15, 0.2) is 90.5 Å². The Hall–Kier alpha value is -7.88. The predicted octanol–water partition coefficient (Wildman–Crippen LogP) is 6.87. The number of piperazine rings is 1. The lowest BCUT2D eigenvalue weighted by Gasteiger charge is -2.48. The number of imide groups is 2. The molecule has 470 valence electrons. The largest absolute Gasteiger partial charge is 0.369 e. The minimum atomic E-state index is -0.748. The molecular weight excluding hydrogens is 1130 g/mol. The first kappa shape index (κ1) is 61.4. The Morgan fingerprint density at radius 2 is 1.63 bits per heavy atom. The average Bonchev–Trinajstić information content (AvgIpc) is 1.57. The zero-order valence-electron chi connectivity index (χ0n) is 51.9. The van der Waals surface area contributed by atoms with Gasteiger partial charge in [-0.15, -0.1) is 0 Å². The summed E-state index contributed by atoms with van der Waals surface area (Å²) in [5.41, 5.74) is 7.94. The molecule has 20 nitrogen and oxygen atoms in total. The molecule has 4 atom stereocenters. The maximum Gasteiger partial charge on any atom is 0.257 e. The van der Waals surface area contributed by atoms with E-state index in [1.807, 2.05) is 43.3 Å². The van der Waals surface area contributed by atoms with Crippen LogP contribution >= 0.6 is 0 Å². The van der Waals surface area contributed by atoms with Crippen LogP contribution in [0.2, 0.25) is 0 Å². The van der Waals surface area contributed by atoms with Crippen molar-refractivity contribution in [1.82, 2.24) is 55.0 Å². The van der Waals surface area contributed by atoms with Gasteiger partial charge in [-0.2, -0.15) is 0 Å². The summed E-state index contributed by atoms with van der Waals surface area (Å²) in [5.74, 6) is -1.55. The normalized spacial score (nSPS) is 23.8. The number of hydrogen-bond acceptors (Lipinski definition) is 14. The summed E-state index contributed by atoms with van der Waals surface area (Å²) in [7, 11) is 0. The number of amides is 7. The van der Waals surface area contributed by atoms with Crippen molar-refractivity contribution in [3.8, 4) is 11.3 Å². The van der Waals surface area contributed by atoms with Crippen molar-refractivity contribution >= 4 is 70.1 Å². The van der Waals surface area contributed by atoms with Gasteiger partial charge >= 0.3 is 0 Å². The van der Waals surface area contributed by atoms with Crippen molar-refractivity contribution in [1.29, 1.82) is 0 Å². The van der Waals surface area contributed by atoms with E-state index in [1.54, 1.807) is 25.1 Å². The number of benzene rings is 2. The Bertz CT molecular complexity index is 3560. The maximum atomic E-state index is 15.6. The highest BCUT2D eigenvalue weighted by molar-refractivity contribution is 6.16. The SMILES string of the molecule is Cc1cc(F)c(Nc2nc(-c3ccc4c(c3)N(C3CC(N5CCCCC5)C3)C(=O)C43CCN(C(=O)CN4CCN(C5=CCC(CC(=O)NCCNC6C=CC=C7C(=O)N(C(C)CCC(=O)NC=O)C(=O)C76)C=C5)CC4)CC3)cc3ncn(C(C)C)c23)cc1C. The Morgan fingerprint density at radius 3 is 2.36 bits per heavy atom. The molecule has 3 aliphatic carbocycles. The number of hydrogen-bond donors (Lipinski definition) is 4. The second kappa shape index (κ2) is 25.9. The second-order valence-corrected chi connectivity index (χ2v) is 26.1. The minimum Gasteiger partial charge on any atom is -0.369 e. The summed E-state index contributed by atoms with van der Waals surface area (Å²) in [6.07, 6.45) is 21.7. The van der Waals surface area contributed by atoms with Crippen LogP contribution in [0.25, 0.3) is 22.3 Å². The molecule has 4 N–H and O–H groups in total. The van der Waals surface area contributed by atoms with Crippen molar-refractivity contribution in [2.45, 2.75) is 141 Å². The summed E-state index contributed by atoms with van der Waals surface area (Å²) in [4.78, 5) is 114. The van der Waals surface area contributed by atoms with E-state index in [9.17, 15) is 28.8 Å². The molecule has 21 heteroatoms. The van der Waals surface area contributed by atoms with Crippen LogP contribution in [-0.2, 0) is 39.0 Å². The van der Waals surface area contributed by atoms with Crippen molar-refractivity contribution in [2.24, 2.45) is 11.8 Å². The molecule has 1 spiro atoms. The molecule has 0 radical (unpaired) electrons. The summed E-state index contributed by atoms with van der Waals surface area (Å²) >= 11 is 0. The lowest BCUT2D eigenvalue weighted by atomic mass is 9.73. The number of carbonyl (C=O) groups excluding carboxylic acids is 7. The lowest BCUT2D eigenvalue weighted by molar-refractivity contribution is -0.142. The van der Waals surface area contributed by atoms with E-state index in [2.05, 4.69) is 95.7 Å². The number of fused-ring (bicyclic) bond motifs is 4. The van der Waals surface area contributed by atoms with Gasteiger partial charge in [-0.05, 0) is 152 Å². The third-order valence-corrected chi connectivity index (χ3v) is 20.2. The van der Waals surface area contributed by atoms with E-state index in [0.717, 1.165) is 103 Å². The zero-order valence-corrected chi connectivity index (χ0v) is 51.9. The number of allylic oxidation sites excluding steroid dienone is 5. The van der Waals surface area contributed by atoms with Gasteiger partial charge in [0.15, 0.2) is 5.82 Å². The standard InChI is InChI=1S/C68H84FN13O7/c1-42(2)80-40-72-57-38-55(74-64(63(57)80)75-56-33-44(4)43(3)32-53(56)69)47-15-18-52-58(35-47)82(50-36-49(37-50)77-24-7-6-8-25-77)67(89)68(52)20-26-79(27-21-68)61(86)39-76-28-30-78(31-29-76)48-16-13-46(14-17-48)34-60(85)71-23-22-70-54-11-9-10-51-62(54)66(88)81(65(51)87)45(5)12-19-59(84)73-41-83/h9-11,13,15-18,32-33,35,38,40-42,45-46,49-50,54,62,70H,6-8,12,14,19-31,34,36-37,39H2,1-5H3,(H,71,85)(H,74,75)(H,73,83,84). The zero-order chi connectivity index (χ0) is 62.3. The fourth-order valence-electron chi connectivity index (χ4n) is 14.8. The molecule has 5 aliphatic heterocycles. The third kappa shape index (κ3) is 12.3. The molecule has 0 bridgehead atoms. The maximum absolute atomic E-state index is 15.6. The van der Waals surface area contributed by atoms with Crippen LogP contribution in [0.5, 0.6) is 0 Å². The molecule has 4 unspecified atom stereocenters. The Balaban J connectivity index is 0.632. The number of carbonyl (C=O) groups is 7. The van der Waals surface area contributed by atoms with Crippen molar-refractivity contribution in [3.05, 3.63) is 113 Å². The molecule has 5 fully saturated rings. The van der Waals surface area contributed by atoms with E-state index < -0.39 is 29.3 Å². The van der Waals surface area contributed by atoms with Crippen LogP contribution in [0, 0.1) is 31.5 Å². The molecule has 4 aromatic rings. The number of rotatable bonds is 20. The topological polar surface area (TPSA) is 218 Å². The van der Waals surface area contributed by atoms with Gasteiger partial charge in [-0.1, -0.05) is 48.9 Å². The smallest absolute Gasteiger partial charge is 0.257 e. The predicted molar refractivity (Wildman–Crippen MR) is 338 cm³/mol. The quantitative estimate of drug-likeness (QED) is 0.0404. The highest BCUT2D eigenvalue weighted by atomic mass is 19.1. The number of nitrogens with one attached hydrogen (secondary N) is 4. The summed E-state index contributed by atoms with van der Waals surface area (Å²) in [5, 5.41) is 11.8. The molecule has 89 heavy (non-hydrogen) atoms. The van der Waals surface area contributed by atoms with E-state index in [1.165, 1.54) is 24.2 Å². The van der Waals surface area contributed by atoms with Crippen LogP contribution < -0.4 is 26.2 Å². The first-order chi connectivity index (χ1) is 43.0. The third-order valence-electron chi connectivity index (χ3n) is 20.2. The van der Waals surface area contributed by atoms with Gasteiger partial charge in [-0.3, -0.25) is 48.7 Å². The van der Waals surface area contributed by atoms with Gasteiger partial charge in [0.25, 0.3) is 5.91 Å². The first-order valence-corrected chi connectivity index (χ1v) is 32.2. The molecule has 4 saturated heterocycles. The first-order valence-electron chi connectivity index (χ1n) is 32.2. The van der Waals surface area contributed by atoms with E-state index in [0.29, 0.717) is 87.2 Å². The Kier molecular flexibility index (Phi) is 17.9. The van der Waals surface area contributed by atoms with Crippen LogP contribution in [0.3, 0.4) is 0 Å². The Labute approximate surface area is 520 Å². The number of aryl methyl sites for hydroxylation is 2. The van der Waals surface area contributed by atoms with Crippen molar-refractivity contribution < 1.29 is 38.0 Å². The number of imidazole rings is 1. The molecule has 1 saturated carbocycles. The highest BCUT2D eigenvalue weighted by Crippen LogP contribution is 2.52. The molecule has 2 aromatic heterocycles. The highest BCUT2D eigenvalue weighted by Gasteiger charge is 2.56. The average molecular weight is 1210 g/mol. The monoisotopic (exact) mass is 1210 g/mol. The Morgan fingerprint density at radius 1 is 0.865 bits per heavy atom. The van der Waals surface area contributed by atoms with E-state index >= 15 is 9.18 Å². The number of piperidine rings is 2. The van der Waals surface area contributed by atoms with Crippen molar-refractivity contribution in [3.63, 3.8) is 0 Å².